The molecule has 5 nitrogen and oxygen atoms in total. The van der Waals surface area contributed by atoms with Gasteiger partial charge in [-0.15, -0.1) is 0 Å². The van der Waals surface area contributed by atoms with E-state index in [-0.39, 0.29) is 18.2 Å². The van der Waals surface area contributed by atoms with E-state index in [1.54, 1.807) is 7.11 Å². The third kappa shape index (κ3) is 4.39. The molecule has 0 amide bonds. The molecule has 0 aromatic heterocycles. The zero-order chi connectivity index (χ0) is 19.6. The largest absolute Gasteiger partial charge is 0.497 e. The van der Waals surface area contributed by atoms with E-state index in [1.807, 2.05) is 44.2 Å². The molecule has 0 spiro atoms. The van der Waals surface area contributed by atoms with E-state index >= 15 is 0 Å². The lowest BCUT2D eigenvalue weighted by molar-refractivity contribution is -0.295. The van der Waals surface area contributed by atoms with Gasteiger partial charge >= 0.3 is 0 Å². The predicted octanol–water partition coefficient (Wildman–Crippen LogP) is 3.62. The zero-order valence-electron chi connectivity index (χ0n) is 16.8. The summed E-state index contributed by atoms with van der Waals surface area (Å²) in [5.74, 6) is 0.296. The first-order valence-corrected chi connectivity index (χ1v) is 9.88. The second kappa shape index (κ2) is 8.21. The molecule has 2 saturated heterocycles. The van der Waals surface area contributed by atoms with Crippen LogP contribution in [0.25, 0.3) is 0 Å². The van der Waals surface area contributed by atoms with Gasteiger partial charge < -0.3 is 18.9 Å². The number of fused-ring (bicyclic) bond motifs is 1. The number of ether oxygens (including phenoxy) is 4. The van der Waals surface area contributed by atoms with E-state index < -0.39 is 5.79 Å². The average Bonchev–Trinajstić information content (AvgIpc) is 3.03. The molecule has 0 unspecified atom stereocenters. The first-order chi connectivity index (χ1) is 13.5. The Labute approximate surface area is 167 Å². The number of hydrogen-bond donors (Lipinski definition) is 0. The molecule has 0 aliphatic carbocycles. The van der Waals surface area contributed by atoms with Gasteiger partial charge in [0.15, 0.2) is 5.79 Å². The second-order valence-electron chi connectivity index (χ2n) is 7.97. The van der Waals surface area contributed by atoms with Gasteiger partial charge in [0.2, 0.25) is 0 Å². The van der Waals surface area contributed by atoms with Gasteiger partial charge in [-0.1, -0.05) is 42.5 Å². The lowest BCUT2D eigenvalue weighted by Gasteiger charge is -2.41. The van der Waals surface area contributed by atoms with E-state index in [4.69, 9.17) is 18.9 Å². The summed E-state index contributed by atoms with van der Waals surface area (Å²) in [7, 11) is 1.69. The summed E-state index contributed by atoms with van der Waals surface area (Å²) in [4.78, 5) is 2.41. The Kier molecular flexibility index (Phi) is 5.69. The SMILES string of the molecule is COc1ccc(CN2C[C@@H](OCc3ccccc3)[C@@H]3OC(C)(C)OC[C@@H]32)cc1. The number of hydrogen-bond acceptors (Lipinski definition) is 5. The Morgan fingerprint density at radius 3 is 2.50 bits per heavy atom. The summed E-state index contributed by atoms with van der Waals surface area (Å²) in [5, 5.41) is 0. The Hall–Kier alpha value is -1.92. The Balaban J connectivity index is 1.46. The number of likely N-dealkylation sites (tertiary alicyclic amines) is 1. The number of nitrogens with zero attached hydrogens (tertiary/aromatic N) is 1. The normalized spacial score (nSPS) is 26.8. The van der Waals surface area contributed by atoms with Gasteiger partial charge in [-0.05, 0) is 37.1 Å². The van der Waals surface area contributed by atoms with E-state index in [0.717, 1.165) is 18.8 Å². The molecule has 0 N–H and O–H groups in total. The number of rotatable bonds is 6. The summed E-state index contributed by atoms with van der Waals surface area (Å²) in [6, 6.07) is 18.7. The van der Waals surface area contributed by atoms with Crippen LogP contribution in [0.5, 0.6) is 5.75 Å². The highest BCUT2D eigenvalue weighted by Gasteiger charge is 2.49. The van der Waals surface area contributed by atoms with E-state index in [0.29, 0.717) is 13.2 Å². The molecule has 2 aliphatic heterocycles. The molecular weight excluding hydrogens is 354 g/mol. The fraction of sp³-hybridized carbons (Fsp3) is 0.478. The third-order valence-electron chi connectivity index (χ3n) is 5.50. The fourth-order valence-corrected chi connectivity index (χ4v) is 4.00. The molecule has 150 valence electrons. The van der Waals surface area contributed by atoms with Crippen molar-refractivity contribution in [1.82, 2.24) is 4.90 Å². The molecule has 5 heteroatoms. The van der Waals surface area contributed by atoms with Crippen LogP contribution in [0.3, 0.4) is 0 Å². The summed E-state index contributed by atoms with van der Waals surface area (Å²) < 4.78 is 23.8. The molecule has 3 atom stereocenters. The van der Waals surface area contributed by atoms with Crippen molar-refractivity contribution in [2.24, 2.45) is 0 Å². The monoisotopic (exact) mass is 383 g/mol. The van der Waals surface area contributed by atoms with Crippen LogP contribution < -0.4 is 4.74 Å². The van der Waals surface area contributed by atoms with Gasteiger partial charge in [-0.2, -0.15) is 0 Å². The van der Waals surface area contributed by atoms with Crippen LogP contribution in [-0.4, -0.2) is 49.2 Å². The van der Waals surface area contributed by atoms with Gasteiger partial charge in [0.25, 0.3) is 0 Å². The van der Waals surface area contributed by atoms with Crippen molar-refractivity contribution in [3.63, 3.8) is 0 Å². The molecule has 2 heterocycles. The van der Waals surface area contributed by atoms with E-state index in [1.165, 1.54) is 11.1 Å². The predicted molar refractivity (Wildman–Crippen MR) is 107 cm³/mol. The topological polar surface area (TPSA) is 40.2 Å². The molecule has 2 aromatic rings. The lowest BCUT2D eigenvalue weighted by atomic mass is 10.1. The molecule has 0 radical (unpaired) electrons. The maximum atomic E-state index is 6.31. The average molecular weight is 383 g/mol. The van der Waals surface area contributed by atoms with Gasteiger partial charge in [0, 0.05) is 13.1 Å². The van der Waals surface area contributed by atoms with Crippen LogP contribution in [0.4, 0.5) is 0 Å². The van der Waals surface area contributed by atoms with Crippen LogP contribution in [0.15, 0.2) is 54.6 Å². The zero-order valence-corrected chi connectivity index (χ0v) is 16.8. The van der Waals surface area contributed by atoms with Crippen LogP contribution in [0.1, 0.15) is 25.0 Å². The van der Waals surface area contributed by atoms with Crippen LogP contribution in [-0.2, 0) is 27.4 Å². The highest BCUT2D eigenvalue weighted by molar-refractivity contribution is 5.27. The van der Waals surface area contributed by atoms with Crippen molar-refractivity contribution >= 4 is 0 Å². The molecule has 2 aromatic carbocycles. The summed E-state index contributed by atoms with van der Waals surface area (Å²) >= 11 is 0. The third-order valence-corrected chi connectivity index (χ3v) is 5.50. The molecule has 2 aliphatic rings. The summed E-state index contributed by atoms with van der Waals surface area (Å²) in [5.41, 5.74) is 2.42. The maximum absolute atomic E-state index is 6.31. The number of methoxy groups -OCH3 is 1. The molecule has 0 bridgehead atoms. The van der Waals surface area contributed by atoms with Gasteiger partial charge in [0.05, 0.1) is 32.5 Å². The first-order valence-electron chi connectivity index (χ1n) is 9.88. The van der Waals surface area contributed by atoms with Crippen molar-refractivity contribution in [3.8, 4) is 5.75 Å². The number of benzene rings is 2. The second-order valence-corrected chi connectivity index (χ2v) is 7.97. The van der Waals surface area contributed by atoms with Crippen LogP contribution >= 0.6 is 0 Å². The van der Waals surface area contributed by atoms with Crippen molar-refractivity contribution in [2.75, 3.05) is 20.3 Å². The minimum Gasteiger partial charge on any atom is -0.497 e. The Morgan fingerprint density at radius 1 is 1.04 bits per heavy atom. The molecule has 28 heavy (non-hydrogen) atoms. The standard InChI is InChI=1S/C23H29NO4/c1-23(2)27-16-20-22(28-23)21(26-15-18-7-5-4-6-8-18)14-24(20)13-17-9-11-19(25-3)12-10-17/h4-12,20-22H,13-16H2,1-3H3/t20-,21+,22+/m0/s1. The molecular formula is C23H29NO4. The maximum Gasteiger partial charge on any atom is 0.163 e. The van der Waals surface area contributed by atoms with Crippen molar-refractivity contribution < 1.29 is 18.9 Å². The van der Waals surface area contributed by atoms with Gasteiger partial charge in [0.1, 0.15) is 11.9 Å². The molecule has 4 rings (SSSR count). The summed E-state index contributed by atoms with van der Waals surface area (Å²) in [6.07, 6.45) is 0.0253. The Bertz CT molecular complexity index is 762. The Morgan fingerprint density at radius 2 is 1.79 bits per heavy atom. The minimum absolute atomic E-state index is 0.00529. The van der Waals surface area contributed by atoms with E-state index in [2.05, 4.69) is 29.2 Å². The summed E-state index contributed by atoms with van der Waals surface area (Å²) in [6.45, 7) is 6.86. The van der Waals surface area contributed by atoms with E-state index in [9.17, 15) is 0 Å². The first kappa shape index (κ1) is 19.4. The smallest absolute Gasteiger partial charge is 0.163 e. The van der Waals surface area contributed by atoms with Crippen molar-refractivity contribution in [1.29, 1.82) is 0 Å². The molecule has 0 saturated carbocycles. The van der Waals surface area contributed by atoms with Crippen molar-refractivity contribution in [2.45, 2.75) is 51.0 Å². The van der Waals surface area contributed by atoms with Crippen molar-refractivity contribution in [3.05, 3.63) is 65.7 Å². The van der Waals surface area contributed by atoms with Crippen LogP contribution in [0, 0.1) is 0 Å². The molecule has 2 fully saturated rings. The lowest BCUT2D eigenvalue weighted by Crippen LogP contribution is -2.52. The fourth-order valence-electron chi connectivity index (χ4n) is 4.00. The van der Waals surface area contributed by atoms with Crippen LogP contribution in [0.2, 0.25) is 0 Å². The highest BCUT2D eigenvalue weighted by Crippen LogP contribution is 2.34. The van der Waals surface area contributed by atoms with Gasteiger partial charge in [-0.3, -0.25) is 4.90 Å². The quantitative estimate of drug-likeness (QED) is 0.762. The highest BCUT2D eigenvalue weighted by atomic mass is 16.7. The van der Waals surface area contributed by atoms with Gasteiger partial charge in [-0.25, -0.2) is 0 Å². The minimum atomic E-state index is -0.578.